The average Bonchev–Trinajstić information content (AvgIpc) is 2.30. The summed E-state index contributed by atoms with van der Waals surface area (Å²) in [7, 11) is 0. The van der Waals surface area contributed by atoms with Crippen LogP contribution in [0.25, 0.3) is 0 Å². The van der Waals surface area contributed by atoms with Crippen LogP contribution in [-0.4, -0.2) is 12.1 Å². The highest BCUT2D eigenvalue weighted by Crippen LogP contribution is 2.32. The molecule has 0 amide bonds. The molecule has 0 spiro atoms. The number of anilines is 1. The lowest BCUT2D eigenvalue weighted by molar-refractivity contribution is 0.00351. The van der Waals surface area contributed by atoms with Gasteiger partial charge in [-0.2, -0.15) is 0 Å². The zero-order valence-electron chi connectivity index (χ0n) is 8.89. The molecule has 1 fully saturated rings. The molecule has 0 aromatic heterocycles. The highest BCUT2D eigenvalue weighted by atomic mass is 16.7. The fourth-order valence-corrected chi connectivity index (χ4v) is 2.30. The molecule has 2 atom stereocenters. The van der Waals surface area contributed by atoms with Crippen LogP contribution >= 0.6 is 0 Å². The molecule has 2 heterocycles. The molecule has 1 unspecified atom stereocenters. The van der Waals surface area contributed by atoms with E-state index in [9.17, 15) is 0 Å². The molecule has 2 nitrogen and oxygen atoms in total. The van der Waals surface area contributed by atoms with Crippen molar-refractivity contribution in [3.63, 3.8) is 0 Å². The number of nitrogens with zero attached hydrogens (tertiary/aromatic N) is 1. The largest absolute Gasteiger partial charge is 0.265 e. The first-order chi connectivity index (χ1) is 7.33. The van der Waals surface area contributed by atoms with Gasteiger partial charge in [0, 0.05) is 0 Å². The van der Waals surface area contributed by atoms with Crippen LogP contribution in [0.1, 0.15) is 18.4 Å². The van der Waals surface area contributed by atoms with Gasteiger partial charge in [0.05, 0.1) is 11.7 Å². The summed E-state index contributed by atoms with van der Waals surface area (Å²) in [6, 6.07) is 8.91. The maximum atomic E-state index is 5.87. The van der Waals surface area contributed by atoms with E-state index < -0.39 is 0 Å². The van der Waals surface area contributed by atoms with Crippen molar-refractivity contribution in [2.45, 2.75) is 31.9 Å². The maximum Gasteiger partial charge on any atom is 0.104 e. The van der Waals surface area contributed by atoms with Gasteiger partial charge in [-0.25, -0.2) is 5.06 Å². The lowest BCUT2D eigenvalue weighted by Crippen LogP contribution is -2.45. The van der Waals surface area contributed by atoms with E-state index in [-0.39, 0.29) is 6.10 Å². The second-order valence-corrected chi connectivity index (χ2v) is 4.34. The molecule has 4 rings (SSSR count). The minimum atomic E-state index is 0.288. The molecule has 1 aromatic carbocycles. The third-order valence-electron chi connectivity index (χ3n) is 3.10. The van der Waals surface area contributed by atoms with Crippen molar-refractivity contribution in [2.75, 3.05) is 5.06 Å². The van der Waals surface area contributed by atoms with Crippen LogP contribution in [-0.2, 0) is 4.84 Å². The summed E-state index contributed by atoms with van der Waals surface area (Å²) in [4.78, 5) is 5.87. The van der Waals surface area contributed by atoms with E-state index >= 15 is 0 Å². The summed E-state index contributed by atoms with van der Waals surface area (Å²) in [6.07, 6.45) is 7.09. The van der Waals surface area contributed by atoms with Gasteiger partial charge in [-0.05, 0) is 37.5 Å². The van der Waals surface area contributed by atoms with Gasteiger partial charge in [0.2, 0.25) is 0 Å². The summed E-state index contributed by atoms with van der Waals surface area (Å²) in [6.45, 7) is 2.11. The van der Waals surface area contributed by atoms with Crippen molar-refractivity contribution in [1.29, 1.82) is 0 Å². The van der Waals surface area contributed by atoms with Crippen molar-refractivity contribution in [2.24, 2.45) is 0 Å². The third-order valence-corrected chi connectivity index (χ3v) is 3.10. The minimum absolute atomic E-state index is 0.288. The summed E-state index contributed by atoms with van der Waals surface area (Å²) >= 11 is 0. The van der Waals surface area contributed by atoms with Crippen LogP contribution in [0.3, 0.4) is 0 Å². The lowest BCUT2D eigenvalue weighted by atomic mass is 9.98. The molecule has 1 saturated heterocycles. The van der Waals surface area contributed by atoms with Gasteiger partial charge in [-0.15, -0.1) is 0 Å². The highest BCUT2D eigenvalue weighted by molar-refractivity contribution is 5.49. The van der Waals surface area contributed by atoms with Crippen LogP contribution in [0, 0.1) is 6.92 Å². The molecule has 2 heteroatoms. The van der Waals surface area contributed by atoms with Gasteiger partial charge >= 0.3 is 0 Å². The minimum Gasteiger partial charge on any atom is -0.265 e. The first-order valence-corrected chi connectivity index (χ1v) is 5.54. The Labute approximate surface area is 90.1 Å². The number of benzene rings is 1. The maximum absolute atomic E-state index is 5.87. The fourth-order valence-electron chi connectivity index (χ4n) is 2.30. The number of hydrogen-bond acceptors (Lipinski definition) is 2. The molecule has 2 aliphatic heterocycles. The number of rotatable bonds is 1. The molecular weight excluding hydrogens is 186 g/mol. The van der Waals surface area contributed by atoms with Crippen molar-refractivity contribution >= 4 is 5.69 Å². The summed E-state index contributed by atoms with van der Waals surface area (Å²) in [5, 5.41) is 2.06. The fraction of sp³-hybridized carbons (Fsp3) is 0.385. The summed E-state index contributed by atoms with van der Waals surface area (Å²) in [5.74, 6) is 0. The number of fused-ring (bicyclic) bond motifs is 2. The van der Waals surface area contributed by atoms with E-state index in [1.807, 2.05) is 0 Å². The zero-order valence-corrected chi connectivity index (χ0v) is 8.89. The van der Waals surface area contributed by atoms with Gasteiger partial charge in [-0.1, -0.05) is 24.3 Å². The Morgan fingerprint density at radius 3 is 2.80 bits per heavy atom. The Kier molecular flexibility index (Phi) is 2.03. The quantitative estimate of drug-likeness (QED) is 0.648. The van der Waals surface area contributed by atoms with Crippen LogP contribution < -0.4 is 5.06 Å². The monoisotopic (exact) mass is 201 g/mol. The third kappa shape index (κ3) is 1.55. The standard InChI is InChI=1S/C13H15NO/c1-10-3-2-4-12(9-10)14-11-5-7-13(15-14)8-6-11/h2-5,7,9,11,13H,6,8H2,1H3/t11-,13?/m0/s1. The number of hydrogen-bond donors (Lipinski definition) is 0. The van der Waals surface area contributed by atoms with Gasteiger partial charge in [-0.3, -0.25) is 4.84 Å². The Balaban J connectivity index is 1.92. The lowest BCUT2D eigenvalue weighted by Gasteiger charge is -2.41. The van der Waals surface area contributed by atoms with E-state index in [4.69, 9.17) is 4.84 Å². The Bertz CT molecular complexity index is 399. The van der Waals surface area contributed by atoms with E-state index in [1.165, 1.54) is 17.7 Å². The molecule has 78 valence electrons. The van der Waals surface area contributed by atoms with E-state index in [0.717, 1.165) is 6.42 Å². The predicted molar refractivity (Wildman–Crippen MR) is 60.7 cm³/mol. The molecule has 2 bridgehead atoms. The second-order valence-electron chi connectivity index (χ2n) is 4.34. The van der Waals surface area contributed by atoms with Crippen molar-refractivity contribution in [1.82, 2.24) is 0 Å². The molecule has 0 N–H and O–H groups in total. The first kappa shape index (κ1) is 8.98. The van der Waals surface area contributed by atoms with Gasteiger partial charge in [0.25, 0.3) is 0 Å². The summed E-state index contributed by atoms with van der Waals surface area (Å²) in [5.41, 5.74) is 2.45. The van der Waals surface area contributed by atoms with Gasteiger partial charge < -0.3 is 0 Å². The molecule has 1 aromatic rings. The highest BCUT2D eigenvalue weighted by Gasteiger charge is 2.30. The molecule has 0 radical (unpaired) electrons. The Hall–Kier alpha value is -1.28. The number of aryl methyl sites for hydroxylation is 1. The van der Waals surface area contributed by atoms with Gasteiger partial charge in [0.1, 0.15) is 6.10 Å². The van der Waals surface area contributed by atoms with Crippen LogP contribution in [0.5, 0.6) is 0 Å². The summed E-state index contributed by atoms with van der Waals surface area (Å²) < 4.78 is 0. The Morgan fingerprint density at radius 1 is 1.27 bits per heavy atom. The molecule has 3 aliphatic rings. The first-order valence-electron chi connectivity index (χ1n) is 5.54. The second kappa shape index (κ2) is 3.38. The molecule has 1 aliphatic carbocycles. The van der Waals surface area contributed by atoms with Crippen molar-refractivity contribution in [3.8, 4) is 0 Å². The van der Waals surface area contributed by atoms with Gasteiger partial charge in [0.15, 0.2) is 0 Å². The molecule has 0 saturated carbocycles. The van der Waals surface area contributed by atoms with E-state index in [2.05, 4.69) is 48.4 Å². The van der Waals surface area contributed by atoms with E-state index in [1.54, 1.807) is 0 Å². The average molecular weight is 201 g/mol. The van der Waals surface area contributed by atoms with Crippen molar-refractivity contribution < 1.29 is 4.84 Å². The van der Waals surface area contributed by atoms with E-state index in [0.29, 0.717) is 6.04 Å². The molecular formula is C13H15NO. The predicted octanol–water partition coefficient (Wildman–Crippen LogP) is 2.83. The number of hydroxylamine groups is 1. The van der Waals surface area contributed by atoms with Crippen LogP contribution in [0.2, 0.25) is 0 Å². The zero-order chi connectivity index (χ0) is 10.3. The van der Waals surface area contributed by atoms with Crippen molar-refractivity contribution in [3.05, 3.63) is 42.0 Å². The van der Waals surface area contributed by atoms with Crippen LogP contribution in [0.15, 0.2) is 36.4 Å². The SMILES string of the molecule is Cc1cccc(N2OC3C=C[C@H]2CC3)c1. The molecule has 15 heavy (non-hydrogen) atoms. The smallest absolute Gasteiger partial charge is 0.104 e. The normalized spacial score (nSPS) is 28.5. The van der Waals surface area contributed by atoms with Crippen LogP contribution in [0.4, 0.5) is 5.69 Å². The Morgan fingerprint density at radius 2 is 2.20 bits per heavy atom. The topological polar surface area (TPSA) is 12.5 Å².